The van der Waals surface area contributed by atoms with Gasteiger partial charge in [-0.2, -0.15) is 0 Å². The highest BCUT2D eigenvalue weighted by atomic mass is 35.5. The lowest BCUT2D eigenvalue weighted by Gasteiger charge is -2.16. The minimum Gasteiger partial charge on any atom is -0.495 e. The Kier molecular flexibility index (Phi) is 7.19. The fourth-order valence-electron chi connectivity index (χ4n) is 3.44. The first-order valence-corrected chi connectivity index (χ1v) is 11.7. The normalized spacial score (nSPS) is 10.9. The van der Waals surface area contributed by atoms with Gasteiger partial charge in [0.05, 0.1) is 29.5 Å². The number of hydrogen-bond acceptors (Lipinski definition) is 5. The summed E-state index contributed by atoms with van der Waals surface area (Å²) < 4.78 is 20.8. The number of amides is 1. The van der Waals surface area contributed by atoms with Crippen LogP contribution in [-0.2, 0) is 11.3 Å². The van der Waals surface area contributed by atoms with E-state index in [9.17, 15) is 14.0 Å². The average Bonchev–Trinajstić information content (AvgIpc) is 2.82. The molecule has 0 aliphatic heterocycles. The molecule has 9 heteroatoms. The molecule has 0 unspecified atom stereocenters. The van der Waals surface area contributed by atoms with Crippen LogP contribution in [0.25, 0.3) is 16.6 Å². The molecule has 34 heavy (non-hydrogen) atoms. The minimum absolute atomic E-state index is 0.0267. The third-order valence-corrected chi connectivity index (χ3v) is 6.32. The van der Waals surface area contributed by atoms with E-state index in [2.05, 4.69) is 10.3 Å². The highest BCUT2D eigenvalue weighted by Gasteiger charge is 2.18. The van der Waals surface area contributed by atoms with Gasteiger partial charge in [0.2, 0.25) is 5.91 Å². The summed E-state index contributed by atoms with van der Waals surface area (Å²) in [5.41, 5.74) is 1.96. The standard InChI is InChI=1S/C25H21ClFN3O3S/c1-15-7-10-22(33-2)21(11-15)30-24(32)18-9-8-17(26)12-20(18)29-25(30)34-14-23(31)28-13-16-5-3-4-6-19(16)27/h3-12H,13-14H2,1-2H3,(H,28,31). The van der Waals surface area contributed by atoms with Crippen molar-refractivity contribution in [1.82, 2.24) is 14.9 Å². The van der Waals surface area contributed by atoms with Crippen molar-refractivity contribution in [3.63, 3.8) is 0 Å². The number of hydrogen-bond donors (Lipinski definition) is 1. The first-order chi connectivity index (χ1) is 16.4. The maximum Gasteiger partial charge on any atom is 0.266 e. The number of aromatic nitrogens is 2. The molecule has 6 nitrogen and oxygen atoms in total. The van der Waals surface area contributed by atoms with Crippen LogP contribution in [0.15, 0.2) is 70.6 Å². The summed E-state index contributed by atoms with van der Waals surface area (Å²) in [6.45, 7) is 1.97. The molecule has 1 N–H and O–H groups in total. The van der Waals surface area contributed by atoms with E-state index < -0.39 is 0 Å². The zero-order valence-electron chi connectivity index (χ0n) is 18.5. The van der Waals surface area contributed by atoms with Gasteiger partial charge in [-0.05, 0) is 48.9 Å². The largest absolute Gasteiger partial charge is 0.495 e. The Bertz CT molecular complexity index is 1440. The zero-order valence-corrected chi connectivity index (χ0v) is 20.0. The Morgan fingerprint density at radius 2 is 1.97 bits per heavy atom. The molecule has 1 heterocycles. The van der Waals surface area contributed by atoms with Crippen LogP contribution in [0.5, 0.6) is 5.75 Å². The predicted octanol–water partition coefficient (Wildman–Crippen LogP) is 4.90. The topological polar surface area (TPSA) is 73.2 Å². The molecule has 0 saturated heterocycles. The number of halogens is 2. The Hall–Kier alpha value is -3.36. The molecule has 0 bridgehead atoms. The molecule has 0 fully saturated rings. The van der Waals surface area contributed by atoms with Gasteiger partial charge in [-0.1, -0.05) is 47.6 Å². The molecule has 3 aromatic carbocycles. The second kappa shape index (κ2) is 10.3. The molecule has 0 spiro atoms. The highest BCUT2D eigenvalue weighted by Crippen LogP contribution is 2.28. The molecule has 0 aliphatic rings. The molecule has 4 rings (SSSR count). The maximum absolute atomic E-state index is 13.8. The number of rotatable bonds is 7. The van der Waals surface area contributed by atoms with Gasteiger partial charge in [-0.3, -0.25) is 14.2 Å². The molecule has 0 aliphatic carbocycles. The summed E-state index contributed by atoms with van der Waals surface area (Å²) in [6, 6.07) is 16.6. The van der Waals surface area contributed by atoms with Crippen LogP contribution in [0.1, 0.15) is 11.1 Å². The third-order valence-electron chi connectivity index (χ3n) is 5.14. The number of carbonyl (C=O) groups excluding carboxylic acids is 1. The quantitative estimate of drug-likeness (QED) is 0.290. The minimum atomic E-state index is -0.385. The van der Waals surface area contributed by atoms with Gasteiger partial charge in [0.25, 0.3) is 5.56 Å². The van der Waals surface area contributed by atoms with Crippen molar-refractivity contribution in [3.8, 4) is 11.4 Å². The van der Waals surface area contributed by atoms with Gasteiger partial charge in [-0.15, -0.1) is 0 Å². The molecule has 0 saturated carbocycles. The molecule has 0 radical (unpaired) electrons. The van der Waals surface area contributed by atoms with E-state index in [0.717, 1.165) is 17.3 Å². The van der Waals surface area contributed by atoms with Crippen LogP contribution in [0.4, 0.5) is 4.39 Å². The Labute approximate surface area is 204 Å². The van der Waals surface area contributed by atoms with E-state index in [-0.39, 0.29) is 29.6 Å². The van der Waals surface area contributed by atoms with Gasteiger partial charge in [-0.25, -0.2) is 9.37 Å². The lowest BCUT2D eigenvalue weighted by Crippen LogP contribution is -2.26. The third kappa shape index (κ3) is 5.08. The molecule has 4 aromatic rings. The summed E-state index contributed by atoms with van der Waals surface area (Å²) in [7, 11) is 1.52. The predicted molar refractivity (Wildman–Crippen MR) is 133 cm³/mol. The lowest BCUT2D eigenvalue weighted by molar-refractivity contribution is -0.118. The molecular weight excluding hydrogens is 477 g/mol. The number of carbonyl (C=O) groups is 1. The van der Waals surface area contributed by atoms with Crippen LogP contribution < -0.4 is 15.6 Å². The summed E-state index contributed by atoms with van der Waals surface area (Å²) >= 11 is 7.21. The van der Waals surface area contributed by atoms with Gasteiger partial charge < -0.3 is 10.1 Å². The van der Waals surface area contributed by atoms with E-state index in [1.165, 1.54) is 17.7 Å². The second-order valence-corrected chi connectivity index (χ2v) is 8.91. The fraction of sp³-hybridized carbons (Fsp3) is 0.160. The van der Waals surface area contributed by atoms with E-state index >= 15 is 0 Å². The van der Waals surface area contributed by atoms with Crippen molar-refractivity contribution in [2.45, 2.75) is 18.6 Å². The maximum atomic E-state index is 13.8. The first-order valence-electron chi connectivity index (χ1n) is 10.4. The van der Waals surface area contributed by atoms with Gasteiger partial charge in [0, 0.05) is 17.1 Å². The number of benzene rings is 3. The van der Waals surface area contributed by atoms with E-state index in [1.807, 2.05) is 19.1 Å². The second-order valence-electron chi connectivity index (χ2n) is 7.53. The Balaban J connectivity index is 1.69. The van der Waals surface area contributed by atoms with Crippen LogP contribution >= 0.6 is 23.4 Å². The Morgan fingerprint density at radius 1 is 1.18 bits per heavy atom. The van der Waals surface area contributed by atoms with Crippen LogP contribution in [-0.4, -0.2) is 28.3 Å². The zero-order chi connectivity index (χ0) is 24.2. The summed E-state index contributed by atoms with van der Waals surface area (Å²) in [4.78, 5) is 30.6. The van der Waals surface area contributed by atoms with Crippen LogP contribution in [0.3, 0.4) is 0 Å². The number of thioether (sulfide) groups is 1. The van der Waals surface area contributed by atoms with Crippen LogP contribution in [0.2, 0.25) is 5.02 Å². The van der Waals surface area contributed by atoms with Gasteiger partial charge in [0.1, 0.15) is 11.6 Å². The SMILES string of the molecule is COc1ccc(C)cc1-n1c(SCC(=O)NCc2ccccc2F)nc2cc(Cl)ccc2c1=O. The number of fused-ring (bicyclic) bond motifs is 1. The molecule has 1 aromatic heterocycles. The summed E-state index contributed by atoms with van der Waals surface area (Å²) in [5, 5.41) is 3.85. The lowest BCUT2D eigenvalue weighted by atomic mass is 10.2. The summed E-state index contributed by atoms with van der Waals surface area (Å²) in [5.74, 6) is -0.241. The molecular formula is C25H21ClFN3O3S. The van der Waals surface area contributed by atoms with E-state index in [0.29, 0.717) is 38.1 Å². The Morgan fingerprint density at radius 3 is 2.74 bits per heavy atom. The first kappa shape index (κ1) is 23.8. The van der Waals surface area contributed by atoms with E-state index in [4.69, 9.17) is 16.3 Å². The number of nitrogens with one attached hydrogen (secondary N) is 1. The smallest absolute Gasteiger partial charge is 0.266 e. The van der Waals surface area contributed by atoms with Gasteiger partial charge >= 0.3 is 0 Å². The number of ether oxygens (including phenoxy) is 1. The van der Waals surface area contributed by atoms with E-state index in [1.54, 1.807) is 42.5 Å². The highest BCUT2D eigenvalue weighted by molar-refractivity contribution is 7.99. The van der Waals surface area contributed by atoms with Crippen molar-refractivity contribution in [2.75, 3.05) is 12.9 Å². The number of methoxy groups -OCH3 is 1. The van der Waals surface area contributed by atoms with Crippen LogP contribution in [0, 0.1) is 12.7 Å². The van der Waals surface area contributed by atoms with Crippen molar-refractivity contribution in [3.05, 3.63) is 93.0 Å². The average molecular weight is 498 g/mol. The van der Waals surface area contributed by atoms with Crippen molar-refractivity contribution >= 4 is 40.2 Å². The van der Waals surface area contributed by atoms with Crippen molar-refractivity contribution < 1.29 is 13.9 Å². The number of aryl methyl sites for hydroxylation is 1. The summed E-state index contributed by atoms with van der Waals surface area (Å²) in [6.07, 6.45) is 0. The molecule has 174 valence electrons. The molecule has 0 atom stereocenters. The van der Waals surface area contributed by atoms with Gasteiger partial charge in [0.15, 0.2) is 5.16 Å². The fourth-order valence-corrected chi connectivity index (χ4v) is 4.44. The monoisotopic (exact) mass is 497 g/mol. The van der Waals surface area contributed by atoms with Crippen molar-refractivity contribution in [2.24, 2.45) is 0 Å². The van der Waals surface area contributed by atoms with Crippen molar-refractivity contribution in [1.29, 1.82) is 0 Å². The number of nitrogens with zero attached hydrogens (tertiary/aromatic N) is 2. The molecule has 1 amide bonds.